The lowest BCUT2D eigenvalue weighted by Gasteiger charge is -2.43. The summed E-state index contributed by atoms with van der Waals surface area (Å²) in [6.07, 6.45) is 6.44. The Kier molecular flexibility index (Phi) is 10.6. The molecular formula is C25H38IN3O4. The molecule has 2 atom stereocenters. The predicted octanol–water partition coefficient (Wildman–Crippen LogP) is 0.373. The van der Waals surface area contributed by atoms with Crippen LogP contribution in [0.25, 0.3) is 0 Å². The number of aryl methyl sites for hydroxylation is 1. The van der Waals surface area contributed by atoms with E-state index in [-0.39, 0.29) is 41.7 Å². The SMILES string of the molecule is CC[N+]1(CC(=O)Nc2c(C)cccc2C(=O)OC)CCCC(C(=O)N2CCCCCC2)C1.[I-]. The number of esters is 1. The molecule has 0 saturated carbocycles. The fraction of sp³-hybridized carbons (Fsp3) is 0.640. The Morgan fingerprint density at radius 1 is 1.12 bits per heavy atom. The van der Waals surface area contributed by atoms with E-state index in [0.717, 1.165) is 57.4 Å². The summed E-state index contributed by atoms with van der Waals surface area (Å²) in [6.45, 7) is 8.39. The highest BCUT2D eigenvalue weighted by molar-refractivity contribution is 6.02. The molecule has 2 fully saturated rings. The first-order valence-corrected chi connectivity index (χ1v) is 12.0. The molecule has 184 valence electrons. The Bertz CT molecular complexity index is 839. The van der Waals surface area contributed by atoms with Gasteiger partial charge in [-0.15, -0.1) is 0 Å². The maximum absolute atomic E-state index is 13.2. The normalized spacial score (nSPS) is 23.1. The highest BCUT2D eigenvalue weighted by atomic mass is 127. The van der Waals surface area contributed by atoms with E-state index in [1.165, 1.54) is 20.0 Å². The van der Waals surface area contributed by atoms with Crippen LogP contribution < -0.4 is 29.3 Å². The van der Waals surface area contributed by atoms with E-state index in [0.29, 0.717) is 28.8 Å². The summed E-state index contributed by atoms with van der Waals surface area (Å²) in [6, 6.07) is 5.30. The van der Waals surface area contributed by atoms with Crippen LogP contribution in [0.2, 0.25) is 0 Å². The van der Waals surface area contributed by atoms with Crippen molar-refractivity contribution in [3.63, 3.8) is 0 Å². The van der Waals surface area contributed by atoms with Gasteiger partial charge in [0, 0.05) is 13.1 Å². The lowest BCUT2D eigenvalue weighted by atomic mass is 9.93. The molecule has 0 bridgehead atoms. The third kappa shape index (κ3) is 6.91. The molecule has 1 aromatic rings. The van der Waals surface area contributed by atoms with Crippen molar-refractivity contribution in [2.45, 2.75) is 52.4 Å². The van der Waals surface area contributed by atoms with Crippen LogP contribution in [0.3, 0.4) is 0 Å². The molecule has 1 aromatic carbocycles. The third-order valence-corrected chi connectivity index (χ3v) is 7.15. The summed E-state index contributed by atoms with van der Waals surface area (Å²) < 4.78 is 5.48. The molecule has 0 aliphatic carbocycles. The van der Waals surface area contributed by atoms with Gasteiger partial charge < -0.3 is 43.4 Å². The fourth-order valence-electron chi connectivity index (χ4n) is 5.21. The minimum Gasteiger partial charge on any atom is -1.00 e. The average Bonchev–Trinajstić information content (AvgIpc) is 3.09. The number of benzene rings is 1. The number of likely N-dealkylation sites (tertiary alicyclic amines) is 2. The highest BCUT2D eigenvalue weighted by Gasteiger charge is 2.40. The van der Waals surface area contributed by atoms with Crippen LogP contribution in [0.15, 0.2) is 18.2 Å². The lowest BCUT2D eigenvalue weighted by Crippen LogP contribution is -3.00. The number of nitrogens with zero attached hydrogens (tertiary/aromatic N) is 2. The summed E-state index contributed by atoms with van der Waals surface area (Å²) >= 11 is 0. The maximum Gasteiger partial charge on any atom is 0.339 e. The number of likely N-dealkylation sites (N-methyl/N-ethyl adjacent to an activating group) is 1. The Hall–Kier alpha value is -1.68. The van der Waals surface area contributed by atoms with Gasteiger partial charge in [-0.2, -0.15) is 0 Å². The molecule has 2 aliphatic heterocycles. The second-order valence-electron chi connectivity index (χ2n) is 9.34. The Balaban J connectivity index is 0.00000385. The van der Waals surface area contributed by atoms with Crippen LogP contribution in [-0.4, -0.2) is 73.5 Å². The molecule has 0 radical (unpaired) electrons. The van der Waals surface area contributed by atoms with Gasteiger partial charge in [0.2, 0.25) is 5.91 Å². The summed E-state index contributed by atoms with van der Waals surface area (Å²) in [5, 5.41) is 2.97. The van der Waals surface area contributed by atoms with Gasteiger partial charge in [0.15, 0.2) is 6.54 Å². The molecule has 2 aliphatic rings. The van der Waals surface area contributed by atoms with E-state index in [4.69, 9.17) is 4.74 Å². The standard InChI is InChI=1S/C25H37N3O4.HI/c1-4-28(16-10-12-20(17-28)24(30)27-14-7-5-6-8-15-27)18-22(29)26-23-19(2)11-9-13-21(23)25(31)32-3;/h9,11,13,20H,4-8,10,12,14-18H2,1-3H3;1H. The minimum absolute atomic E-state index is 0. The van der Waals surface area contributed by atoms with Gasteiger partial charge in [-0.05, 0) is 51.2 Å². The van der Waals surface area contributed by atoms with Gasteiger partial charge in [-0.1, -0.05) is 25.0 Å². The van der Waals surface area contributed by atoms with Gasteiger partial charge in [0.1, 0.15) is 0 Å². The monoisotopic (exact) mass is 571 g/mol. The molecule has 2 amide bonds. The number of amides is 2. The van der Waals surface area contributed by atoms with Crippen LogP contribution in [0.1, 0.15) is 61.4 Å². The van der Waals surface area contributed by atoms with E-state index in [9.17, 15) is 14.4 Å². The number of piperidine rings is 1. The molecule has 2 saturated heterocycles. The number of para-hydroxylation sites is 1. The Morgan fingerprint density at radius 3 is 2.45 bits per heavy atom. The second kappa shape index (κ2) is 12.7. The van der Waals surface area contributed by atoms with E-state index < -0.39 is 5.97 Å². The molecule has 2 unspecified atom stereocenters. The van der Waals surface area contributed by atoms with Crippen LogP contribution in [0.5, 0.6) is 0 Å². The zero-order valence-corrected chi connectivity index (χ0v) is 22.4. The maximum atomic E-state index is 13.2. The molecule has 0 aromatic heterocycles. The van der Waals surface area contributed by atoms with Gasteiger partial charge in [0.05, 0.1) is 43.9 Å². The summed E-state index contributed by atoms with van der Waals surface area (Å²) in [7, 11) is 1.34. The fourth-order valence-corrected chi connectivity index (χ4v) is 5.21. The van der Waals surface area contributed by atoms with Crippen molar-refractivity contribution in [2.24, 2.45) is 5.92 Å². The average molecular weight is 572 g/mol. The number of carbonyl (C=O) groups excluding carboxylic acids is 3. The van der Waals surface area contributed by atoms with Crippen molar-refractivity contribution in [1.29, 1.82) is 0 Å². The molecule has 3 rings (SSSR count). The summed E-state index contributed by atoms with van der Waals surface area (Å²) in [4.78, 5) is 40.6. The van der Waals surface area contributed by atoms with Crippen LogP contribution >= 0.6 is 0 Å². The highest BCUT2D eigenvalue weighted by Crippen LogP contribution is 2.27. The number of halogens is 1. The third-order valence-electron chi connectivity index (χ3n) is 7.15. The van der Waals surface area contributed by atoms with Crippen LogP contribution in [0.4, 0.5) is 5.69 Å². The summed E-state index contributed by atoms with van der Waals surface area (Å²) in [5.41, 5.74) is 1.68. The Labute approximate surface area is 214 Å². The number of quaternary nitrogens is 1. The van der Waals surface area contributed by atoms with Crippen molar-refractivity contribution in [3.05, 3.63) is 29.3 Å². The molecule has 1 N–H and O–H groups in total. The van der Waals surface area contributed by atoms with Crippen LogP contribution in [0, 0.1) is 12.8 Å². The zero-order chi connectivity index (χ0) is 23.1. The molecular weight excluding hydrogens is 533 g/mol. The van der Waals surface area contributed by atoms with Crippen molar-refractivity contribution in [2.75, 3.05) is 51.7 Å². The number of hydrogen-bond donors (Lipinski definition) is 1. The second-order valence-corrected chi connectivity index (χ2v) is 9.34. The number of hydrogen-bond acceptors (Lipinski definition) is 4. The molecule has 8 heteroatoms. The van der Waals surface area contributed by atoms with Gasteiger partial charge in [0.25, 0.3) is 5.91 Å². The first-order chi connectivity index (χ1) is 15.4. The molecule has 33 heavy (non-hydrogen) atoms. The van der Waals surface area contributed by atoms with Crippen molar-refractivity contribution < 1.29 is 47.6 Å². The van der Waals surface area contributed by atoms with Gasteiger partial charge in [-0.3, -0.25) is 9.59 Å². The number of nitrogens with one attached hydrogen (secondary N) is 1. The molecule has 7 nitrogen and oxygen atoms in total. The number of carbonyl (C=O) groups is 3. The van der Waals surface area contributed by atoms with E-state index in [1.807, 2.05) is 13.0 Å². The van der Waals surface area contributed by atoms with Crippen molar-refractivity contribution >= 4 is 23.5 Å². The number of methoxy groups -OCH3 is 1. The number of rotatable bonds is 6. The summed E-state index contributed by atoms with van der Waals surface area (Å²) in [5.74, 6) is -0.341. The molecule has 0 spiro atoms. The van der Waals surface area contributed by atoms with E-state index in [2.05, 4.69) is 17.1 Å². The van der Waals surface area contributed by atoms with Crippen molar-refractivity contribution in [1.82, 2.24) is 4.90 Å². The van der Waals surface area contributed by atoms with Gasteiger partial charge in [-0.25, -0.2) is 4.79 Å². The van der Waals surface area contributed by atoms with E-state index in [1.54, 1.807) is 12.1 Å². The number of ether oxygens (including phenoxy) is 1. The predicted molar refractivity (Wildman–Crippen MR) is 124 cm³/mol. The smallest absolute Gasteiger partial charge is 0.339 e. The van der Waals surface area contributed by atoms with Crippen LogP contribution in [-0.2, 0) is 14.3 Å². The minimum atomic E-state index is -0.468. The first kappa shape index (κ1) is 27.6. The lowest BCUT2D eigenvalue weighted by molar-refractivity contribution is -0.925. The largest absolute Gasteiger partial charge is 1.00 e. The van der Waals surface area contributed by atoms with Crippen molar-refractivity contribution in [3.8, 4) is 0 Å². The zero-order valence-electron chi connectivity index (χ0n) is 20.2. The topological polar surface area (TPSA) is 75.7 Å². The molecule has 2 heterocycles. The quantitative estimate of drug-likeness (QED) is 0.305. The van der Waals surface area contributed by atoms with E-state index >= 15 is 0 Å². The Morgan fingerprint density at radius 2 is 1.82 bits per heavy atom. The number of anilines is 1. The van der Waals surface area contributed by atoms with Gasteiger partial charge >= 0.3 is 5.97 Å². The first-order valence-electron chi connectivity index (χ1n) is 12.0.